The van der Waals surface area contributed by atoms with Gasteiger partial charge in [0.15, 0.2) is 11.6 Å². The van der Waals surface area contributed by atoms with Crippen LogP contribution in [0.25, 0.3) is 28.1 Å². The molecule has 0 bridgehead atoms. The van der Waals surface area contributed by atoms with Crippen molar-refractivity contribution in [3.8, 4) is 17.2 Å². The molecule has 0 radical (unpaired) electrons. The molecule has 0 aliphatic rings. The summed E-state index contributed by atoms with van der Waals surface area (Å²) < 4.78 is 17.1. The second kappa shape index (κ2) is 9.74. The van der Waals surface area contributed by atoms with Gasteiger partial charge in [-0.15, -0.1) is 4.72 Å². The van der Waals surface area contributed by atoms with Crippen molar-refractivity contribution in [2.45, 2.75) is 33.4 Å². The van der Waals surface area contributed by atoms with Crippen molar-refractivity contribution >= 4 is 22.3 Å². The number of nitrogens with zero attached hydrogens (tertiary/aromatic N) is 5. The van der Waals surface area contributed by atoms with Gasteiger partial charge < -0.3 is 9.66 Å². The normalized spacial score (nSPS) is 13.6. The van der Waals surface area contributed by atoms with Gasteiger partial charge in [-0.3, -0.25) is 0 Å². The van der Waals surface area contributed by atoms with Crippen molar-refractivity contribution in [1.29, 1.82) is 0 Å². The van der Waals surface area contributed by atoms with Crippen molar-refractivity contribution in [2.75, 3.05) is 5.75 Å². The summed E-state index contributed by atoms with van der Waals surface area (Å²) >= 11 is -1.12. The number of hydrogen-bond acceptors (Lipinski definition) is 7. The molecule has 8 nitrogen and oxygen atoms in total. The van der Waals surface area contributed by atoms with E-state index < -0.39 is 11.4 Å². The van der Waals surface area contributed by atoms with Crippen molar-refractivity contribution in [3.05, 3.63) is 66.2 Å². The highest BCUT2D eigenvalue weighted by Gasteiger charge is 2.17. The Kier molecular flexibility index (Phi) is 6.80. The Morgan fingerprint density at radius 1 is 1.12 bits per heavy atom. The maximum atomic E-state index is 12.3. The fourth-order valence-corrected chi connectivity index (χ4v) is 4.59. The lowest BCUT2D eigenvalue weighted by Gasteiger charge is -2.18. The molecular formula is C23H26N6O2S. The third kappa shape index (κ3) is 4.97. The molecule has 4 rings (SSSR count). The molecule has 3 aromatic heterocycles. The summed E-state index contributed by atoms with van der Waals surface area (Å²) in [5.41, 5.74) is 3.06. The number of benzene rings is 1. The van der Waals surface area contributed by atoms with E-state index in [1.54, 1.807) is 23.1 Å². The zero-order chi connectivity index (χ0) is 22.7. The highest BCUT2D eigenvalue weighted by Crippen LogP contribution is 2.25. The lowest BCUT2D eigenvalue weighted by molar-refractivity contribution is 0.276. The van der Waals surface area contributed by atoms with Gasteiger partial charge in [-0.25, -0.2) is 19.6 Å². The first-order valence-electron chi connectivity index (χ1n) is 10.5. The van der Waals surface area contributed by atoms with E-state index in [0.717, 1.165) is 22.2 Å². The van der Waals surface area contributed by atoms with Crippen LogP contribution in [0.2, 0.25) is 0 Å². The number of aliphatic hydroxyl groups is 1. The Labute approximate surface area is 190 Å². The summed E-state index contributed by atoms with van der Waals surface area (Å²) in [6.45, 7) is 5.91. The molecule has 0 saturated carbocycles. The van der Waals surface area contributed by atoms with E-state index in [4.69, 9.17) is 4.98 Å². The average molecular weight is 451 g/mol. The lowest BCUT2D eigenvalue weighted by Crippen LogP contribution is -2.31. The van der Waals surface area contributed by atoms with Crippen molar-refractivity contribution in [3.63, 3.8) is 0 Å². The number of aromatic nitrogens is 5. The van der Waals surface area contributed by atoms with Crippen LogP contribution in [0.1, 0.15) is 38.2 Å². The van der Waals surface area contributed by atoms with E-state index in [2.05, 4.69) is 19.8 Å². The lowest BCUT2D eigenvalue weighted by atomic mass is 10.1. The molecule has 0 saturated heterocycles. The first-order valence-corrected chi connectivity index (χ1v) is 11.8. The fraction of sp³-hybridized carbons (Fsp3) is 0.304. The summed E-state index contributed by atoms with van der Waals surface area (Å²) in [6.07, 6.45) is 3.49. The van der Waals surface area contributed by atoms with E-state index in [1.165, 1.54) is 0 Å². The number of nitrogens with one attached hydrogen (secondary N) is 1. The predicted octanol–water partition coefficient (Wildman–Crippen LogP) is 3.34. The molecule has 0 aliphatic heterocycles. The maximum Gasteiger partial charge on any atom is 0.159 e. The van der Waals surface area contributed by atoms with Crippen LogP contribution in [0.4, 0.5) is 0 Å². The van der Waals surface area contributed by atoms with Gasteiger partial charge in [0.1, 0.15) is 5.75 Å². The van der Waals surface area contributed by atoms with E-state index in [-0.39, 0.29) is 12.6 Å². The van der Waals surface area contributed by atoms with Gasteiger partial charge in [-0.05, 0) is 37.1 Å². The van der Waals surface area contributed by atoms with Gasteiger partial charge in [0.05, 0.1) is 35.8 Å². The highest BCUT2D eigenvalue weighted by atomic mass is 32.2. The van der Waals surface area contributed by atoms with Gasteiger partial charge in [0.25, 0.3) is 0 Å². The van der Waals surface area contributed by atoms with Crippen LogP contribution >= 0.6 is 0 Å². The minimum absolute atomic E-state index is 0.132. The molecule has 0 amide bonds. The quantitative estimate of drug-likeness (QED) is 0.396. The number of rotatable bonds is 8. The van der Waals surface area contributed by atoms with Crippen LogP contribution in [0, 0.1) is 5.92 Å². The molecule has 32 heavy (non-hydrogen) atoms. The Morgan fingerprint density at radius 3 is 2.75 bits per heavy atom. The molecule has 0 spiro atoms. The Balaban J connectivity index is 1.65. The van der Waals surface area contributed by atoms with Crippen LogP contribution in [0.3, 0.4) is 0 Å². The topological polar surface area (TPSA) is 112 Å². The van der Waals surface area contributed by atoms with Gasteiger partial charge in [0.2, 0.25) is 0 Å². The van der Waals surface area contributed by atoms with Crippen LogP contribution in [-0.2, 0) is 18.0 Å². The van der Waals surface area contributed by atoms with Crippen molar-refractivity contribution in [1.82, 2.24) is 29.5 Å². The molecule has 1 aromatic carbocycles. The molecule has 0 fully saturated rings. The maximum absolute atomic E-state index is 12.3. The number of pyridine rings is 1. The molecule has 3 heterocycles. The fourth-order valence-electron chi connectivity index (χ4n) is 3.37. The molecular weight excluding hydrogens is 424 g/mol. The Hall–Kier alpha value is -2.85. The molecule has 1 unspecified atom stereocenters. The summed E-state index contributed by atoms with van der Waals surface area (Å²) in [5, 5.41) is 14.8. The van der Waals surface area contributed by atoms with E-state index in [9.17, 15) is 9.66 Å². The second-order valence-corrected chi connectivity index (χ2v) is 9.29. The molecule has 0 aliphatic carbocycles. The molecule has 2 atom stereocenters. The molecule has 2 N–H and O–H groups in total. The van der Waals surface area contributed by atoms with E-state index >= 15 is 0 Å². The third-order valence-electron chi connectivity index (χ3n) is 4.91. The van der Waals surface area contributed by atoms with Gasteiger partial charge >= 0.3 is 0 Å². The monoisotopic (exact) mass is 450 g/mol. The Morgan fingerprint density at radius 2 is 1.97 bits per heavy atom. The highest BCUT2D eigenvalue weighted by molar-refractivity contribution is 7.89. The van der Waals surface area contributed by atoms with Crippen LogP contribution in [0.5, 0.6) is 0 Å². The SMILES string of the molecule is CC(C)C[S+]([O-])N[C@H](C)c1ccnc(-c2ccc3cnn(-c4cccc(CO)n4)c3c2)n1. The number of aliphatic hydroxyl groups excluding tert-OH is 1. The van der Waals surface area contributed by atoms with E-state index in [0.29, 0.717) is 29.0 Å². The first-order chi connectivity index (χ1) is 15.4. The minimum Gasteiger partial charge on any atom is -0.598 e. The molecule has 166 valence electrons. The van der Waals surface area contributed by atoms with Crippen LogP contribution in [-0.4, -0.2) is 40.1 Å². The zero-order valence-corrected chi connectivity index (χ0v) is 19.1. The zero-order valence-electron chi connectivity index (χ0n) is 18.3. The van der Waals surface area contributed by atoms with E-state index in [1.807, 2.05) is 57.2 Å². The second-order valence-electron chi connectivity index (χ2n) is 8.03. The number of fused-ring (bicyclic) bond motifs is 1. The van der Waals surface area contributed by atoms with Crippen molar-refractivity contribution < 1.29 is 9.66 Å². The minimum atomic E-state index is -1.12. The van der Waals surface area contributed by atoms with Gasteiger partial charge in [0, 0.05) is 28.5 Å². The summed E-state index contributed by atoms with van der Waals surface area (Å²) in [6, 6.07) is 13.0. The molecule has 4 aromatic rings. The number of hydrogen-bond donors (Lipinski definition) is 2. The largest absolute Gasteiger partial charge is 0.598 e. The smallest absolute Gasteiger partial charge is 0.159 e. The summed E-state index contributed by atoms with van der Waals surface area (Å²) in [5.74, 6) is 2.15. The van der Waals surface area contributed by atoms with Gasteiger partial charge in [-0.2, -0.15) is 5.10 Å². The average Bonchev–Trinajstić information content (AvgIpc) is 3.22. The molecule has 9 heteroatoms. The first kappa shape index (κ1) is 22.3. The summed E-state index contributed by atoms with van der Waals surface area (Å²) in [4.78, 5) is 13.6. The van der Waals surface area contributed by atoms with Crippen molar-refractivity contribution in [2.24, 2.45) is 5.92 Å². The third-order valence-corrected chi connectivity index (χ3v) is 6.50. The van der Waals surface area contributed by atoms with Crippen LogP contribution < -0.4 is 4.72 Å². The van der Waals surface area contributed by atoms with Crippen LogP contribution in [0.15, 0.2) is 54.9 Å². The summed E-state index contributed by atoms with van der Waals surface area (Å²) in [7, 11) is 0. The standard InChI is InChI=1S/C23H26N6O2S/c1-15(2)14-32(31)28-16(3)20-9-10-24-23(27-20)17-7-8-18-12-25-29(21(18)11-17)22-6-4-5-19(13-30)26-22/h4-12,15-16,28,30H,13-14H2,1-3H3/t16-,32?/m1/s1. The predicted molar refractivity (Wildman–Crippen MR) is 125 cm³/mol. The Bertz CT molecular complexity index is 1210. The van der Waals surface area contributed by atoms with Gasteiger partial charge in [-0.1, -0.05) is 32.0 Å².